The summed E-state index contributed by atoms with van der Waals surface area (Å²) in [5.41, 5.74) is 23.8. The first-order valence-electron chi connectivity index (χ1n) is 23.9. The van der Waals surface area contributed by atoms with E-state index in [1.807, 2.05) is 0 Å². The van der Waals surface area contributed by atoms with E-state index in [0.717, 1.165) is 28.3 Å². The SMILES string of the molecule is c1ccc(-c2ccccc2-c2c(-c3ccccc3)cccc2N(c2ccc3c(c2)-c2ccccc2C32c3ccccc3-c3ccccc32)c2cccc3c2c2ccccc2n3-c2ccccc2)cc1. The molecule has 1 heterocycles. The van der Waals surface area contributed by atoms with Gasteiger partial charge in [-0.15, -0.1) is 0 Å². The number of rotatable bonds is 7. The molecule has 12 aromatic rings. The van der Waals surface area contributed by atoms with Gasteiger partial charge in [0, 0.05) is 27.7 Å². The molecule has 0 radical (unpaired) electrons. The summed E-state index contributed by atoms with van der Waals surface area (Å²) < 4.78 is 2.43. The molecule has 0 bridgehead atoms. The van der Waals surface area contributed by atoms with E-state index in [1.165, 1.54) is 94.2 Å². The van der Waals surface area contributed by atoms with Gasteiger partial charge in [0.05, 0.1) is 27.8 Å². The van der Waals surface area contributed by atoms with E-state index in [0.29, 0.717) is 0 Å². The first-order valence-corrected chi connectivity index (χ1v) is 23.9. The molecule has 0 N–H and O–H groups in total. The Hall–Kier alpha value is -8.98. The molecule has 14 rings (SSSR count). The van der Waals surface area contributed by atoms with Gasteiger partial charge in [0.15, 0.2) is 0 Å². The Morgan fingerprint density at radius 1 is 0.304 bits per heavy atom. The van der Waals surface area contributed by atoms with Crippen LogP contribution in [-0.2, 0) is 5.41 Å². The summed E-state index contributed by atoms with van der Waals surface area (Å²) in [5.74, 6) is 0. The first-order chi connectivity index (χ1) is 34.3. The molecule has 2 heteroatoms. The molecular weight excluding hydrogens is 833 g/mol. The Kier molecular flexibility index (Phi) is 8.84. The smallest absolute Gasteiger partial charge is 0.0725 e. The molecule has 1 aromatic heterocycles. The highest BCUT2D eigenvalue weighted by atomic mass is 15.2. The number of fused-ring (bicyclic) bond motifs is 13. The van der Waals surface area contributed by atoms with Crippen LogP contribution in [-0.4, -0.2) is 4.57 Å². The van der Waals surface area contributed by atoms with E-state index in [4.69, 9.17) is 0 Å². The molecule has 1 spiro atoms. The van der Waals surface area contributed by atoms with Crippen molar-refractivity contribution in [1.29, 1.82) is 0 Å². The van der Waals surface area contributed by atoms with E-state index in [-0.39, 0.29) is 0 Å². The van der Waals surface area contributed by atoms with Gasteiger partial charge in [0.2, 0.25) is 0 Å². The number of nitrogens with zero attached hydrogens (tertiary/aromatic N) is 2. The third kappa shape index (κ3) is 5.73. The fourth-order valence-electron chi connectivity index (χ4n) is 12.1. The maximum Gasteiger partial charge on any atom is 0.0725 e. The third-order valence-electron chi connectivity index (χ3n) is 14.8. The van der Waals surface area contributed by atoms with Crippen molar-refractivity contribution in [2.75, 3.05) is 4.90 Å². The first kappa shape index (κ1) is 39.2. The maximum atomic E-state index is 2.57. The average Bonchev–Trinajstić information content (AvgIpc) is 4.04. The molecule has 11 aromatic carbocycles. The van der Waals surface area contributed by atoms with Crippen LogP contribution in [0.3, 0.4) is 0 Å². The van der Waals surface area contributed by atoms with Crippen molar-refractivity contribution in [2.45, 2.75) is 5.41 Å². The highest BCUT2D eigenvalue weighted by molar-refractivity contribution is 6.17. The number of benzene rings is 11. The Bertz CT molecular complexity index is 3910. The second-order valence-corrected chi connectivity index (χ2v) is 18.3. The lowest BCUT2D eigenvalue weighted by molar-refractivity contribution is 0.794. The van der Waals surface area contributed by atoms with Crippen LogP contribution < -0.4 is 4.90 Å². The number of hydrogen-bond acceptors (Lipinski definition) is 1. The summed E-state index contributed by atoms with van der Waals surface area (Å²) in [6.45, 7) is 0. The van der Waals surface area contributed by atoms with Crippen molar-refractivity contribution < 1.29 is 0 Å². The van der Waals surface area contributed by atoms with Gasteiger partial charge in [0.1, 0.15) is 0 Å². The molecule has 0 unspecified atom stereocenters. The Morgan fingerprint density at radius 3 is 1.43 bits per heavy atom. The number of aromatic nitrogens is 1. The Labute approximate surface area is 402 Å². The minimum Gasteiger partial charge on any atom is -0.309 e. The van der Waals surface area contributed by atoms with Crippen LogP contribution in [0.15, 0.2) is 267 Å². The number of hydrogen-bond donors (Lipinski definition) is 0. The monoisotopic (exact) mass is 876 g/mol. The lowest BCUT2D eigenvalue weighted by atomic mass is 9.70. The third-order valence-corrected chi connectivity index (χ3v) is 14.8. The lowest BCUT2D eigenvalue weighted by Gasteiger charge is -2.32. The zero-order valence-electron chi connectivity index (χ0n) is 37.8. The molecular formula is C67H44N2. The topological polar surface area (TPSA) is 8.17 Å². The van der Waals surface area contributed by atoms with E-state index in [2.05, 4.69) is 276 Å². The summed E-state index contributed by atoms with van der Waals surface area (Å²) in [6, 6.07) is 98.7. The van der Waals surface area contributed by atoms with Crippen LogP contribution in [0.5, 0.6) is 0 Å². The van der Waals surface area contributed by atoms with Crippen LogP contribution in [0.1, 0.15) is 22.3 Å². The number of anilines is 3. The molecule has 69 heavy (non-hydrogen) atoms. The minimum absolute atomic E-state index is 0.446. The van der Waals surface area contributed by atoms with Gasteiger partial charge >= 0.3 is 0 Å². The van der Waals surface area contributed by atoms with Crippen LogP contribution in [0, 0.1) is 0 Å². The minimum atomic E-state index is -0.446. The maximum absolute atomic E-state index is 2.57. The summed E-state index contributed by atoms with van der Waals surface area (Å²) >= 11 is 0. The van der Waals surface area contributed by atoms with Crippen LogP contribution >= 0.6 is 0 Å². The molecule has 0 atom stereocenters. The molecule has 322 valence electrons. The van der Waals surface area contributed by atoms with Gasteiger partial charge in [-0.3, -0.25) is 0 Å². The van der Waals surface area contributed by atoms with Crippen LogP contribution in [0.25, 0.3) is 83.1 Å². The van der Waals surface area contributed by atoms with Gasteiger partial charge in [-0.2, -0.15) is 0 Å². The van der Waals surface area contributed by atoms with Gasteiger partial charge < -0.3 is 9.47 Å². The number of para-hydroxylation sites is 2. The lowest BCUT2D eigenvalue weighted by Crippen LogP contribution is -2.25. The Morgan fingerprint density at radius 2 is 0.768 bits per heavy atom. The quantitative estimate of drug-likeness (QED) is 0.155. The van der Waals surface area contributed by atoms with Crippen molar-refractivity contribution in [3.8, 4) is 61.3 Å². The summed E-state index contributed by atoms with van der Waals surface area (Å²) in [5, 5.41) is 2.40. The summed E-state index contributed by atoms with van der Waals surface area (Å²) in [6.07, 6.45) is 0. The zero-order chi connectivity index (χ0) is 45.5. The van der Waals surface area contributed by atoms with E-state index < -0.39 is 5.41 Å². The van der Waals surface area contributed by atoms with Crippen molar-refractivity contribution in [1.82, 2.24) is 4.57 Å². The van der Waals surface area contributed by atoms with E-state index in [1.54, 1.807) is 0 Å². The predicted octanol–water partition coefficient (Wildman–Crippen LogP) is 17.6. The molecule has 0 saturated heterocycles. The van der Waals surface area contributed by atoms with E-state index >= 15 is 0 Å². The fourth-order valence-corrected chi connectivity index (χ4v) is 12.1. The van der Waals surface area contributed by atoms with Gasteiger partial charge in [-0.05, 0) is 121 Å². The molecule has 0 saturated carbocycles. The fraction of sp³-hybridized carbons (Fsp3) is 0.0149. The highest BCUT2D eigenvalue weighted by Gasteiger charge is 2.51. The summed E-state index contributed by atoms with van der Waals surface area (Å²) in [7, 11) is 0. The van der Waals surface area contributed by atoms with Crippen molar-refractivity contribution >= 4 is 38.9 Å². The van der Waals surface area contributed by atoms with Crippen LogP contribution in [0.2, 0.25) is 0 Å². The molecule has 2 aliphatic rings. The molecule has 2 nitrogen and oxygen atoms in total. The Balaban J connectivity index is 1.11. The van der Waals surface area contributed by atoms with Gasteiger partial charge in [-0.1, -0.05) is 218 Å². The highest BCUT2D eigenvalue weighted by Crippen LogP contribution is 2.63. The average molecular weight is 877 g/mol. The second kappa shape index (κ2) is 15.6. The van der Waals surface area contributed by atoms with Gasteiger partial charge in [-0.25, -0.2) is 0 Å². The van der Waals surface area contributed by atoms with Crippen molar-refractivity contribution in [2.24, 2.45) is 0 Å². The van der Waals surface area contributed by atoms with Crippen molar-refractivity contribution in [3.63, 3.8) is 0 Å². The zero-order valence-corrected chi connectivity index (χ0v) is 37.8. The van der Waals surface area contributed by atoms with Crippen LogP contribution in [0.4, 0.5) is 17.1 Å². The standard InChI is InChI=1S/C67H44N2/c1-4-22-45(23-5-1)49-28-10-11-32-54(49)65-50(46-24-6-2-7-25-46)34-20-39-62(65)69(64-41-21-40-63-66(64)55-33-15-19-38-61(55)68(63)47-26-8-3-9-27-47)48-42-43-60-56(44-48)53-31-14-18-37-59(53)67(60)57-35-16-12-29-51(57)52-30-13-17-36-58(52)67/h1-44H. The summed E-state index contributed by atoms with van der Waals surface area (Å²) in [4.78, 5) is 2.57. The molecule has 0 fully saturated rings. The predicted molar refractivity (Wildman–Crippen MR) is 288 cm³/mol. The van der Waals surface area contributed by atoms with Gasteiger partial charge in [0.25, 0.3) is 0 Å². The largest absolute Gasteiger partial charge is 0.309 e. The normalized spacial score (nSPS) is 12.8. The van der Waals surface area contributed by atoms with E-state index in [9.17, 15) is 0 Å². The molecule has 2 aliphatic carbocycles. The molecule has 0 amide bonds. The second-order valence-electron chi connectivity index (χ2n) is 18.3. The van der Waals surface area contributed by atoms with Crippen molar-refractivity contribution in [3.05, 3.63) is 289 Å². The molecule has 0 aliphatic heterocycles.